The van der Waals surface area contributed by atoms with Gasteiger partial charge in [0.1, 0.15) is 36.1 Å². The number of hydrogen-bond acceptors (Lipinski definition) is 10. The average Bonchev–Trinajstić information content (AvgIpc) is 3.39. The predicted molar refractivity (Wildman–Crippen MR) is 151 cm³/mol. The quantitative estimate of drug-likeness (QED) is 0.110. The van der Waals surface area contributed by atoms with E-state index in [4.69, 9.17) is 35.9 Å². The van der Waals surface area contributed by atoms with Gasteiger partial charge in [0.05, 0.1) is 12.7 Å². The van der Waals surface area contributed by atoms with E-state index in [0.717, 1.165) is 10.8 Å². The number of nitrogens with zero attached hydrogens (tertiary/aromatic N) is 2. The molecule has 1 aromatic carbocycles. The number of rotatable bonds is 10. The molecule has 0 aliphatic carbocycles. The Balaban J connectivity index is 1.66. The average molecular weight is 644 g/mol. The second-order valence-electron chi connectivity index (χ2n) is 9.74. The number of esters is 1. The first kappa shape index (κ1) is 32.4. The number of alkyl halides is 2. The summed E-state index contributed by atoms with van der Waals surface area (Å²) in [6.45, 7) is 2.84. The van der Waals surface area contributed by atoms with E-state index in [-0.39, 0.29) is 17.3 Å². The second kappa shape index (κ2) is 13.0. The highest BCUT2D eigenvalue weighted by Crippen LogP contribution is 2.49. The number of aromatic amines is 1. The molecule has 13 nitrogen and oxygen atoms in total. The van der Waals surface area contributed by atoms with E-state index in [1.807, 2.05) is 0 Å². The highest BCUT2D eigenvalue weighted by Gasteiger charge is 2.57. The molecule has 1 aliphatic rings. The molecule has 0 amide bonds. The molecule has 0 bridgehead atoms. The third-order valence-corrected chi connectivity index (χ3v) is 8.28. The summed E-state index contributed by atoms with van der Waals surface area (Å²) >= 11 is 6.70. The first-order valence-electron chi connectivity index (χ1n) is 12.9. The lowest BCUT2D eigenvalue weighted by Gasteiger charge is -2.26. The number of aromatic nitrogens is 3. The van der Waals surface area contributed by atoms with Crippen molar-refractivity contribution in [2.24, 2.45) is 0 Å². The van der Waals surface area contributed by atoms with E-state index in [9.17, 15) is 28.0 Å². The topological polar surface area (TPSA) is 180 Å². The standard InChI is InChI=1S/C26H29ClF2N5O8P/c1-14(2)40-23(37)15(3)33-43(38,42-16-8-5-4-6-9-16)39-13-18-20(35)26(27,10-7-11-28)24(41-18)34-12-17(29)19-21(34)31-25(30)32-22(19)36/h4-6,8-9,12,14-15,18,20,24,35H,11,13H2,1-3H3,(H,33,38)(H3,30,31,32,36)/t15?,18-,20?,24-,26-,43?/m1/s1. The van der Waals surface area contributed by atoms with Gasteiger partial charge in [-0.05, 0) is 32.9 Å². The number of hydrogen-bond donors (Lipinski definition) is 4. The molecular weight excluding hydrogens is 615 g/mol. The summed E-state index contributed by atoms with van der Waals surface area (Å²) in [5, 5.41) is 13.2. The molecule has 0 saturated carbocycles. The molecule has 2 aromatic heterocycles. The van der Waals surface area contributed by atoms with Gasteiger partial charge in [0, 0.05) is 6.20 Å². The molecule has 6 atom stereocenters. The van der Waals surface area contributed by atoms with Crippen molar-refractivity contribution in [3.05, 3.63) is 52.7 Å². The van der Waals surface area contributed by atoms with Crippen molar-refractivity contribution in [1.29, 1.82) is 0 Å². The summed E-state index contributed by atoms with van der Waals surface area (Å²) in [4.78, 5) is 28.7. The number of benzene rings is 1. The Kier molecular flexibility index (Phi) is 9.80. The first-order chi connectivity index (χ1) is 20.3. The fourth-order valence-corrected chi connectivity index (χ4v) is 6.14. The Labute approximate surface area is 249 Å². The summed E-state index contributed by atoms with van der Waals surface area (Å²) < 4.78 is 65.0. The number of carbonyl (C=O) groups is 1. The minimum atomic E-state index is -4.40. The van der Waals surface area contributed by atoms with Crippen molar-refractivity contribution in [1.82, 2.24) is 19.6 Å². The molecule has 3 heterocycles. The largest absolute Gasteiger partial charge is 0.462 e. The molecule has 1 saturated heterocycles. The van der Waals surface area contributed by atoms with Gasteiger partial charge in [0.2, 0.25) is 5.95 Å². The Hall–Kier alpha value is -3.51. The minimum absolute atomic E-state index is 0.122. The van der Waals surface area contributed by atoms with Crippen LogP contribution in [0.1, 0.15) is 27.0 Å². The Morgan fingerprint density at radius 1 is 1.37 bits per heavy atom. The zero-order valence-electron chi connectivity index (χ0n) is 23.1. The second-order valence-corrected chi connectivity index (χ2v) is 12.1. The van der Waals surface area contributed by atoms with Crippen LogP contribution in [0, 0.1) is 17.7 Å². The monoisotopic (exact) mass is 643 g/mol. The normalized spacial score (nSPS) is 23.9. The van der Waals surface area contributed by atoms with Gasteiger partial charge in [0.15, 0.2) is 22.6 Å². The number of H-pyrrole nitrogens is 1. The van der Waals surface area contributed by atoms with Gasteiger partial charge in [-0.2, -0.15) is 10.1 Å². The maximum atomic E-state index is 14.8. The summed E-state index contributed by atoms with van der Waals surface area (Å²) in [5.74, 6) is 2.54. The van der Waals surface area contributed by atoms with E-state index < -0.39 is 79.2 Å². The molecule has 1 aliphatic heterocycles. The van der Waals surface area contributed by atoms with Crippen LogP contribution < -0.4 is 20.9 Å². The smallest absolute Gasteiger partial charge is 0.459 e. The SMILES string of the molecule is CC(C)OC(=O)C(C)NP(=O)(OC[C@H]1O[C@@H](n2cc(F)c3c(=O)[nH]c(N)nc32)[C@@](Cl)(C#CCF)C1O)Oc1ccccc1. The van der Waals surface area contributed by atoms with Crippen molar-refractivity contribution in [3.63, 3.8) is 0 Å². The number of nitrogen functional groups attached to an aromatic ring is 1. The number of anilines is 1. The number of para-hydroxylation sites is 1. The van der Waals surface area contributed by atoms with Crippen LogP contribution >= 0.6 is 19.3 Å². The Morgan fingerprint density at radius 2 is 2.07 bits per heavy atom. The van der Waals surface area contributed by atoms with Gasteiger partial charge in [-0.3, -0.25) is 23.7 Å². The molecule has 43 heavy (non-hydrogen) atoms. The molecule has 17 heteroatoms. The van der Waals surface area contributed by atoms with Crippen LogP contribution in [-0.2, 0) is 23.4 Å². The molecule has 1 fully saturated rings. The molecule has 0 spiro atoms. The lowest BCUT2D eigenvalue weighted by atomic mass is 9.99. The number of fused-ring (bicyclic) bond motifs is 1. The zero-order valence-corrected chi connectivity index (χ0v) is 24.8. The van der Waals surface area contributed by atoms with Crippen LogP contribution in [-0.4, -0.2) is 68.1 Å². The number of aliphatic hydroxyl groups is 1. The van der Waals surface area contributed by atoms with Gasteiger partial charge in [-0.15, -0.1) is 0 Å². The zero-order chi connectivity index (χ0) is 31.5. The van der Waals surface area contributed by atoms with Crippen molar-refractivity contribution >= 4 is 42.3 Å². The van der Waals surface area contributed by atoms with Gasteiger partial charge in [-0.25, -0.2) is 13.3 Å². The van der Waals surface area contributed by atoms with Crippen molar-refractivity contribution in [2.45, 2.75) is 56.2 Å². The molecule has 5 N–H and O–H groups in total. The highest BCUT2D eigenvalue weighted by atomic mass is 35.5. The molecule has 4 rings (SSSR count). The third kappa shape index (κ3) is 7.01. The maximum Gasteiger partial charge on any atom is 0.459 e. The van der Waals surface area contributed by atoms with Crippen LogP contribution in [0.25, 0.3) is 11.0 Å². The van der Waals surface area contributed by atoms with E-state index in [2.05, 4.69) is 26.9 Å². The lowest BCUT2D eigenvalue weighted by molar-refractivity contribution is -0.149. The number of halogens is 3. The van der Waals surface area contributed by atoms with Crippen molar-refractivity contribution < 1.29 is 41.8 Å². The number of ether oxygens (including phenoxy) is 2. The number of aliphatic hydroxyl groups excluding tert-OH is 1. The molecule has 0 radical (unpaired) electrons. The van der Waals surface area contributed by atoms with Crippen LogP contribution in [0.15, 0.2) is 41.3 Å². The number of nitrogens with two attached hydrogens (primary N) is 1. The van der Waals surface area contributed by atoms with Crippen LogP contribution in [0.3, 0.4) is 0 Å². The highest BCUT2D eigenvalue weighted by molar-refractivity contribution is 7.52. The molecule has 3 aromatic rings. The third-order valence-electron chi connectivity index (χ3n) is 6.13. The van der Waals surface area contributed by atoms with Gasteiger partial charge < -0.3 is 24.8 Å². The van der Waals surface area contributed by atoms with Crippen LogP contribution in [0.4, 0.5) is 14.7 Å². The molecule has 3 unspecified atom stereocenters. The van der Waals surface area contributed by atoms with Gasteiger partial charge in [0.25, 0.3) is 5.56 Å². The fourth-order valence-electron chi connectivity index (χ4n) is 4.27. The van der Waals surface area contributed by atoms with Crippen LogP contribution in [0.2, 0.25) is 0 Å². The van der Waals surface area contributed by atoms with E-state index in [1.165, 1.54) is 19.1 Å². The number of carbonyl (C=O) groups excluding carboxylic acids is 1. The summed E-state index contributed by atoms with van der Waals surface area (Å²) in [7, 11) is -4.40. The molecule has 232 valence electrons. The first-order valence-corrected chi connectivity index (χ1v) is 14.8. The van der Waals surface area contributed by atoms with E-state index in [0.29, 0.717) is 0 Å². The maximum absolute atomic E-state index is 14.8. The lowest BCUT2D eigenvalue weighted by Crippen LogP contribution is -2.42. The van der Waals surface area contributed by atoms with E-state index in [1.54, 1.807) is 32.0 Å². The summed E-state index contributed by atoms with van der Waals surface area (Å²) in [6, 6.07) is 6.75. The Morgan fingerprint density at radius 3 is 2.72 bits per heavy atom. The predicted octanol–water partition coefficient (Wildman–Crippen LogP) is 2.79. The Bertz CT molecular complexity index is 1650. The van der Waals surface area contributed by atoms with Gasteiger partial charge in [-0.1, -0.05) is 41.6 Å². The van der Waals surface area contributed by atoms with E-state index >= 15 is 0 Å². The van der Waals surface area contributed by atoms with Gasteiger partial charge >= 0.3 is 13.7 Å². The minimum Gasteiger partial charge on any atom is -0.462 e. The van der Waals surface area contributed by atoms with Crippen molar-refractivity contribution in [3.8, 4) is 17.6 Å². The molecular formula is C26H29ClF2N5O8P. The summed E-state index contributed by atoms with van der Waals surface area (Å²) in [5.41, 5.74) is 4.47. The summed E-state index contributed by atoms with van der Waals surface area (Å²) in [6.07, 6.45) is -4.37. The van der Waals surface area contributed by atoms with Crippen molar-refractivity contribution in [2.75, 3.05) is 19.0 Å². The fraction of sp³-hybridized carbons (Fsp3) is 0.423. The number of nitrogens with one attached hydrogen (secondary N) is 2. The van der Waals surface area contributed by atoms with Crippen LogP contribution in [0.5, 0.6) is 5.75 Å².